The van der Waals surface area contributed by atoms with Crippen LogP contribution in [0.5, 0.6) is 0 Å². The molecule has 1 aromatic carbocycles. The highest BCUT2D eigenvalue weighted by Crippen LogP contribution is 2.29. The van der Waals surface area contributed by atoms with Crippen LogP contribution in [0.3, 0.4) is 0 Å². The van der Waals surface area contributed by atoms with E-state index in [0.29, 0.717) is 4.90 Å². The monoisotopic (exact) mass is 225 g/mol. The van der Waals surface area contributed by atoms with Gasteiger partial charge in [0.15, 0.2) is 0 Å². The van der Waals surface area contributed by atoms with E-state index in [1.54, 1.807) is 18.2 Å². The number of hydrogen-bond donors (Lipinski definition) is 0. The second-order valence-electron chi connectivity index (χ2n) is 3.58. The molecular weight excluding hydrogens is 216 g/mol. The molecule has 0 saturated carbocycles. The highest BCUT2D eigenvalue weighted by molar-refractivity contribution is 6.07. The smallest absolute Gasteiger partial charge is 0.273 e. The van der Waals surface area contributed by atoms with E-state index in [2.05, 4.69) is 0 Å². The van der Waals surface area contributed by atoms with Crippen molar-refractivity contribution in [3.8, 4) is 0 Å². The third kappa shape index (κ3) is 1.68. The molecule has 0 unspecified atom stereocenters. The van der Waals surface area contributed by atoms with E-state index in [0.717, 1.165) is 0 Å². The van der Waals surface area contributed by atoms with Crippen molar-refractivity contribution in [3.63, 3.8) is 0 Å². The number of hydrogen-bond acceptors (Lipinski definition) is 2. The van der Waals surface area contributed by atoms with E-state index < -0.39 is 24.2 Å². The average molecular weight is 225 g/mol. The van der Waals surface area contributed by atoms with Gasteiger partial charge < -0.3 is 0 Å². The van der Waals surface area contributed by atoms with E-state index in [1.165, 1.54) is 12.1 Å². The van der Waals surface area contributed by atoms with Crippen LogP contribution < -0.4 is 0 Å². The second kappa shape index (κ2) is 3.66. The lowest BCUT2D eigenvalue weighted by molar-refractivity contribution is -0.145. The van der Waals surface area contributed by atoms with Gasteiger partial charge in [0.25, 0.3) is 11.8 Å². The fourth-order valence-corrected chi connectivity index (χ4v) is 1.59. The van der Waals surface area contributed by atoms with Gasteiger partial charge in [-0.3, -0.25) is 14.5 Å². The number of benzene rings is 1. The van der Waals surface area contributed by atoms with Crippen LogP contribution in [-0.4, -0.2) is 29.2 Å². The van der Waals surface area contributed by atoms with Crippen LogP contribution in [0.4, 0.5) is 8.78 Å². The van der Waals surface area contributed by atoms with Crippen LogP contribution >= 0.6 is 0 Å². The predicted octanol–water partition coefficient (Wildman–Crippen LogP) is 1.69. The Morgan fingerprint density at radius 2 is 1.88 bits per heavy atom. The van der Waals surface area contributed by atoms with Gasteiger partial charge >= 0.3 is 5.92 Å². The molecule has 0 bridgehead atoms. The maximum atomic E-state index is 12.9. The third-order valence-electron chi connectivity index (χ3n) is 2.47. The van der Waals surface area contributed by atoms with E-state index in [-0.39, 0.29) is 12.1 Å². The zero-order valence-corrected chi connectivity index (χ0v) is 8.32. The Bertz CT molecular complexity index is 431. The van der Waals surface area contributed by atoms with Gasteiger partial charge in [-0.05, 0) is 12.1 Å². The number of rotatable bonds is 1. The van der Waals surface area contributed by atoms with Crippen molar-refractivity contribution in [2.75, 3.05) is 6.54 Å². The van der Waals surface area contributed by atoms with Crippen molar-refractivity contribution in [1.82, 2.24) is 4.90 Å². The second-order valence-corrected chi connectivity index (χ2v) is 3.58. The molecule has 0 radical (unpaired) electrons. The summed E-state index contributed by atoms with van der Waals surface area (Å²) in [4.78, 5) is 23.5. The summed E-state index contributed by atoms with van der Waals surface area (Å²) in [5.74, 6) is -5.46. The Hall–Kier alpha value is -1.78. The van der Waals surface area contributed by atoms with Crippen LogP contribution in [0.15, 0.2) is 30.3 Å². The van der Waals surface area contributed by atoms with Crippen molar-refractivity contribution >= 4 is 11.8 Å². The van der Waals surface area contributed by atoms with Crippen LogP contribution in [0, 0.1) is 0 Å². The Morgan fingerprint density at radius 3 is 2.38 bits per heavy atom. The molecule has 2 rings (SSSR count). The van der Waals surface area contributed by atoms with Gasteiger partial charge in [0.1, 0.15) is 0 Å². The largest absolute Gasteiger partial charge is 0.326 e. The van der Waals surface area contributed by atoms with Gasteiger partial charge in [0.2, 0.25) is 0 Å². The predicted molar refractivity (Wildman–Crippen MR) is 52.0 cm³/mol. The first-order valence-corrected chi connectivity index (χ1v) is 4.81. The van der Waals surface area contributed by atoms with Crippen LogP contribution in [-0.2, 0) is 4.79 Å². The van der Waals surface area contributed by atoms with Crippen molar-refractivity contribution in [3.05, 3.63) is 35.9 Å². The van der Waals surface area contributed by atoms with Crippen molar-refractivity contribution in [2.45, 2.75) is 12.3 Å². The molecule has 1 saturated heterocycles. The van der Waals surface area contributed by atoms with E-state index in [1.807, 2.05) is 0 Å². The highest BCUT2D eigenvalue weighted by atomic mass is 19.3. The number of amides is 2. The zero-order valence-electron chi connectivity index (χ0n) is 8.32. The molecule has 16 heavy (non-hydrogen) atoms. The fraction of sp³-hybridized carbons (Fsp3) is 0.273. The number of nitrogens with zero attached hydrogens (tertiary/aromatic N) is 1. The minimum atomic E-state index is -3.40. The highest BCUT2D eigenvalue weighted by Gasteiger charge is 2.50. The summed E-state index contributed by atoms with van der Waals surface area (Å²) < 4.78 is 25.8. The maximum Gasteiger partial charge on any atom is 0.326 e. The Kier molecular flexibility index (Phi) is 2.46. The number of halogens is 2. The van der Waals surface area contributed by atoms with Gasteiger partial charge in [0, 0.05) is 18.5 Å². The van der Waals surface area contributed by atoms with Crippen molar-refractivity contribution in [1.29, 1.82) is 0 Å². The molecule has 1 aromatic rings. The van der Waals surface area contributed by atoms with Crippen LogP contribution in [0.1, 0.15) is 16.8 Å². The van der Waals surface area contributed by atoms with Gasteiger partial charge in [-0.15, -0.1) is 0 Å². The molecule has 0 aromatic heterocycles. The number of alkyl halides is 2. The molecule has 1 aliphatic heterocycles. The first-order chi connectivity index (χ1) is 7.52. The number of carbonyl (C=O) groups excluding carboxylic acids is 2. The summed E-state index contributed by atoms with van der Waals surface area (Å²) >= 11 is 0. The minimum Gasteiger partial charge on any atom is -0.273 e. The molecule has 3 nitrogen and oxygen atoms in total. The minimum absolute atomic E-state index is 0.223. The van der Waals surface area contributed by atoms with Gasteiger partial charge in [-0.2, -0.15) is 8.78 Å². The molecule has 1 heterocycles. The summed E-state index contributed by atoms with van der Waals surface area (Å²) in [5, 5.41) is 0. The van der Waals surface area contributed by atoms with Crippen molar-refractivity contribution in [2.24, 2.45) is 0 Å². The topological polar surface area (TPSA) is 37.4 Å². The number of imide groups is 1. The summed E-state index contributed by atoms with van der Waals surface area (Å²) in [5.41, 5.74) is 0.244. The molecule has 0 atom stereocenters. The molecule has 0 spiro atoms. The molecule has 0 aliphatic carbocycles. The lowest BCUT2D eigenvalue weighted by Gasteiger charge is -2.13. The number of carbonyl (C=O) groups is 2. The lowest BCUT2D eigenvalue weighted by Crippen LogP contribution is -2.37. The molecule has 1 aliphatic rings. The van der Waals surface area contributed by atoms with E-state index in [9.17, 15) is 18.4 Å². The molecule has 84 valence electrons. The van der Waals surface area contributed by atoms with E-state index in [4.69, 9.17) is 0 Å². The average Bonchev–Trinajstić information content (AvgIpc) is 2.55. The maximum absolute atomic E-state index is 12.9. The number of likely N-dealkylation sites (tertiary alicyclic amines) is 1. The van der Waals surface area contributed by atoms with Gasteiger partial charge in [-0.1, -0.05) is 18.2 Å². The quantitative estimate of drug-likeness (QED) is 0.682. The molecule has 0 N–H and O–H groups in total. The molecular formula is C11H9F2NO2. The Balaban J connectivity index is 2.23. The molecule has 2 amide bonds. The summed E-state index contributed by atoms with van der Waals surface area (Å²) in [6.45, 7) is -0.223. The SMILES string of the molecule is O=C(c1ccccc1)N1CCC(F)(F)C1=O. The van der Waals surface area contributed by atoms with Crippen LogP contribution in [0.2, 0.25) is 0 Å². The summed E-state index contributed by atoms with van der Waals surface area (Å²) in [7, 11) is 0. The first kappa shape index (κ1) is 10.7. The lowest BCUT2D eigenvalue weighted by atomic mass is 10.2. The van der Waals surface area contributed by atoms with Gasteiger partial charge in [-0.25, -0.2) is 0 Å². The third-order valence-corrected chi connectivity index (χ3v) is 2.47. The standard InChI is InChI=1S/C11H9F2NO2/c12-11(13)6-7-14(10(11)16)9(15)8-4-2-1-3-5-8/h1-5H,6-7H2. The van der Waals surface area contributed by atoms with Gasteiger partial charge in [0.05, 0.1) is 0 Å². The normalized spacial score (nSPS) is 18.9. The Morgan fingerprint density at radius 1 is 1.25 bits per heavy atom. The first-order valence-electron chi connectivity index (χ1n) is 4.81. The van der Waals surface area contributed by atoms with Crippen LogP contribution in [0.25, 0.3) is 0 Å². The van der Waals surface area contributed by atoms with E-state index >= 15 is 0 Å². The molecule has 1 fully saturated rings. The zero-order chi connectivity index (χ0) is 11.8. The molecule has 5 heteroatoms. The fourth-order valence-electron chi connectivity index (χ4n) is 1.59. The Labute approximate surface area is 90.7 Å². The summed E-state index contributed by atoms with van der Waals surface area (Å²) in [6.07, 6.45) is -0.593. The van der Waals surface area contributed by atoms with Crippen molar-refractivity contribution < 1.29 is 18.4 Å². The summed E-state index contributed by atoms with van der Waals surface area (Å²) in [6, 6.07) is 7.92.